The first-order valence-corrected chi connectivity index (χ1v) is 6.21. The minimum absolute atomic E-state index is 0.261. The van der Waals surface area contributed by atoms with Gasteiger partial charge in [0.05, 0.1) is 17.8 Å². The van der Waals surface area contributed by atoms with Crippen molar-refractivity contribution in [2.45, 2.75) is 38.8 Å². The van der Waals surface area contributed by atoms with Crippen molar-refractivity contribution in [1.82, 2.24) is 20.4 Å². The number of nitrogens with zero attached hydrogens (tertiary/aromatic N) is 2. The number of rotatable bonds is 6. The Morgan fingerprint density at radius 3 is 2.61 bits per heavy atom. The molecule has 0 atom stereocenters. The summed E-state index contributed by atoms with van der Waals surface area (Å²) in [5.74, 6) is 0. The number of carbonyl (C=O) groups excluding carboxylic acids is 1. The van der Waals surface area contributed by atoms with E-state index in [0.29, 0.717) is 19.4 Å². The van der Waals surface area contributed by atoms with Crippen LogP contribution in [0.5, 0.6) is 0 Å². The van der Waals surface area contributed by atoms with Crippen LogP contribution >= 0.6 is 0 Å². The second-order valence-corrected chi connectivity index (χ2v) is 4.41. The molecule has 1 aromatic rings. The van der Waals surface area contributed by atoms with Crippen molar-refractivity contribution < 1.29 is 9.90 Å². The van der Waals surface area contributed by atoms with Crippen molar-refractivity contribution in [3.63, 3.8) is 0 Å². The lowest BCUT2D eigenvalue weighted by molar-refractivity contribution is 0.0349. The van der Waals surface area contributed by atoms with Crippen LogP contribution in [-0.2, 0) is 13.6 Å². The fourth-order valence-electron chi connectivity index (χ4n) is 1.55. The van der Waals surface area contributed by atoms with Gasteiger partial charge in [-0.1, -0.05) is 13.8 Å². The fourth-order valence-corrected chi connectivity index (χ4v) is 1.55. The summed E-state index contributed by atoms with van der Waals surface area (Å²) in [5, 5.41) is 19.4. The van der Waals surface area contributed by atoms with Gasteiger partial charge in [0.2, 0.25) is 0 Å². The van der Waals surface area contributed by atoms with E-state index in [4.69, 9.17) is 0 Å². The number of aliphatic hydroxyl groups is 1. The highest BCUT2D eigenvalue weighted by atomic mass is 16.3. The van der Waals surface area contributed by atoms with Gasteiger partial charge in [0.1, 0.15) is 0 Å². The van der Waals surface area contributed by atoms with E-state index < -0.39 is 5.60 Å². The molecule has 3 N–H and O–H groups in total. The number of aromatic nitrogens is 2. The van der Waals surface area contributed by atoms with Gasteiger partial charge in [-0.05, 0) is 18.9 Å². The van der Waals surface area contributed by atoms with Gasteiger partial charge in [0.15, 0.2) is 0 Å². The van der Waals surface area contributed by atoms with Crippen molar-refractivity contribution in [2.75, 3.05) is 6.54 Å². The third-order valence-corrected chi connectivity index (χ3v) is 3.25. The van der Waals surface area contributed by atoms with E-state index in [2.05, 4.69) is 15.7 Å². The molecule has 1 aromatic heterocycles. The molecule has 0 aromatic carbocycles. The summed E-state index contributed by atoms with van der Waals surface area (Å²) in [5.41, 5.74) is 0.107. The highest BCUT2D eigenvalue weighted by molar-refractivity contribution is 5.73. The Kier molecular flexibility index (Phi) is 5.15. The first-order valence-electron chi connectivity index (χ1n) is 6.21. The van der Waals surface area contributed by atoms with E-state index in [1.165, 1.54) is 0 Å². The Morgan fingerprint density at radius 2 is 2.11 bits per heavy atom. The molecule has 0 saturated heterocycles. The quantitative estimate of drug-likeness (QED) is 0.701. The third-order valence-electron chi connectivity index (χ3n) is 3.25. The Morgan fingerprint density at radius 1 is 1.44 bits per heavy atom. The molecule has 0 unspecified atom stereocenters. The zero-order chi connectivity index (χ0) is 13.6. The summed E-state index contributed by atoms with van der Waals surface area (Å²) < 4.78 is 1.70. The predicted octanol–water partition coefficient (Wildman–Crippen LogP) is 0.770. The summed E-state index contributed by atoms with van der Waals surface area (Å²) >= 11 is 0. The second kappa shape index (κ2) is 6.39. The van der Waals surface area contributed by atoms with Gasteiger partial charge in [-0.25, -0.2) is 4.79 Å². The fraction of sp³-hybridized carbons (Fsp3) is 0.667. The molecule has 1 rings (SSSR count). The number of hydrogen-bond donors (Lipinski definition) is 3. The number of hydrogen-bond acceptors (Lipinski definition) is 3. The number of aryl methyl sites for hydroxylation is 1. The van der Waals surface area contributed by atoms with Gasteiger partial charge in [0.25, 0.3) is 0 Å². The third kappa shape index (κ3) is 4.03. The lowest BCUT2D eigenvalue weighted by Crippen LogP contribution is -2.45. The van der Waals surface area contributed by atoms with Crippen LogP contribution in [0.1, 0.15) is 32.4 Å². The van der Waals surface area contributed by atoms with Gasteiger partial charge in [-0.15, -0.1) is 0 Å². The standard InChI is InChI=1S/C12H22N4O2/c1-4-12(18,5-2)9-14-11(17)13-8-10-6-7-15-16(10)3/h6-7,18H,4-5,8-9H2,1-3H3,(H2,13,14,17). The minimum atomic E-state index is -0.816. The van der Waals surface area contributed by atoms with E-state index in [0.717, 1.165) is 5.69 Å². The predicted molar refractivity (Wildman–Crippen MR) is 69.0 cm³/mol. The van der Waals surface area contributed by atoms with Crippen molar-refractivity contribution in [2.24, 2.45) is 7.05 Å². The summed E-state index contributed by atoms with van der Waals surface area (Å²) in [6.45, 7) is 4.48. The number of carbonyl (C=O) groups is 1. The molecule has 0 aliphatic heterocycles. The molecule has 102 valence electrons. The van der Waals surface area contributed by atoms with Crippen molar-refractivity contribution in [3.8, 4) is 0 Å². The monoisotopic (exact) mass is 254 g/mol. The zero-order valence-corrected chi connectivity index (χ0v) is 11.2. The van der Waals surface area contributed by atoms with E-state index in [9.17, 15) is 9.90 Å². The molecule has 0 spiro atoms. The molecule has 2 amide bonds. The average molecular weight is 254 g/mol. The number of urea groups is 1. The molecule has 1 heterocycles. The van der Waals surface area contributed by atoms with Crippen LogP contribution in [-0.4, -0.2) is 33.1 Å². The van der Waals surface area contributed by atoms with E-state index >= 15 is 0 Å². The largest absolute Gasteiger partial charge is 0.388 e. The summed E-state index contributed by atoms with van der Waals surface area (Å²) in [6.07, 6.45) is 2.92. The van der Waals surface area contributed by atoms with Crippen LogP contribution in [0.4, 0.5) is 4.79 Å². The lowest BCUT2D eigenvalue weighted by Gasteiger charge is -2.25. The number of nitrogens with one attached hydrogen (secondary N) is 2. The van der Waals surface area contributed by atoms with Crippen LogP contribution in [0.2, 0.25) is 0 Å². The molecular weight excluding hydrogens is 232 g/mol. The SMILES string of the molecule is CCC(O)(CC)CNC(=O)NCc1ccnn1C. The van der Waals surface area contributed by atoms with Gasteiger partial charge in [-0.3, -0.25) is 4.68 Å². The maximum Gasteiger partial charge on any atom is 0.315 e. The molecule has 0 saturated carbocycles. The molecule has 0 fully saturated rings. The Hall–Kier alpha value is -1.56. The molecule has 0 aliphatic carbocycles. The van der Waals surface area contributed by atoms with E-state index in [1.54, 1.807) is 10.9 Å². The van der Waals surface area contributed by atoms with Gasteiger partial charge in [0, 0.05) is 19.8 Å². The van der Waals surface area contributed by atoms with Crippen molar-refractivity contribution in [1.29, 1.82) is 0 Å². The van der Waals surface area contributed by atoms with Crippen molar-refractivity contribution in [3.05, 3.63) is 18.0 Å². The highest BCUT2D eigenvalue weighted by Crippen LogP contribution is 2.12. The molecule has 6 heteroatoms. The maximum absolute atomic E-state index is 11.6. The highest BCUT2D eigenvalue weighted by Gasteiger charge is 2.22. The summed E-state index contributed by atoms with van der Waals surface area (Å²) in [4.78, 5) is 11.6. The minimum Gasteiger partial charge on any atom is -0.388 e. The Bertz CT molecular complexity index is 385. The van der Waals surface area contributed by atoms with E-state index in [1.807, 2.05) is 27.0 Å². The van der Waals surface area contributed by atoms with Gasteiger partial charge in [-0.2, -0.15) is 5.10 Å². The normalized spacial score (nSPS) is 11.3. The first-order chi connectivity index (χ1) is 8.50. The van der Waals surface area contributed by atoms with Crippen LogP contribution in [0.3, 0.4) is 0 Å². The zero-order valence-electron chi connectivity index (χ0n) is 11.2. The lowest BCUT2D eigenvalue weighted by atomic mass is 9.98. The smallest absolute Gasteiger partial charge is 0.315 e. The van der Waals surface area contributed by atoms with Gasteiger partial charge < -0.3 is 15.7 Å². The van der Waals surface area contributed by atoms with Crippen LogP contribution in [0.25, 0.3) is 0 Å². The molecule has 0 bridgehead atoms. The molecule has 0 radical (unpaired) electrons. The molecule has 0 aliphatic rings. The summed E-state index contributed by atoms with van der Waals surface area (Å²) in [6, 6.07) is 1.56. The molecule has 6 nitrogen and oxygen atoms in total. The second-order valence-electron chi connectivity index (χ2n) is 4.41. The van der Waals surface area contributed by atoms with Crippen LogP contribution in [0, 0.1) is 0 Å². The Balaban J connectivity index is 2.32. The van der Waals surface area contributed by atoms with Crippen LogP contribution in [0.15, 0.2) is 12.3 Å². The number of amides is 2. The maximum atomic E-state index is 11.6. The van der Waals surface area contributed by atoms with Gasteiger partial charge >= 0.3 is 6.03 Å². The van der Waals surface area contributed by atoms with Crippen molar-refractivity contribution >= 4 is 6.03 Å². The van der Waals surface area contributed by atoms with E-state index in [-0.39, 0.29) is 12.6 Å². The Labute approximate surface area is 107 Å². The average Bonchev–Trinajstić information content (AvgIpc) is 2.79. The molecular formula is C12H22N4O2. The van der Waals surface area contributed by atoms with Crippen LogP contribution < -0.4 is 10.6 Å². The molecule has 18 heavy (non-hydrogen) atoms. The first kappa shape index (κ1) is 14.5. The summed E-state index contributed by atoms with van der Waals surface area (Å²) in [7, 11) is 1.82. The topological polar surface area (TPSA) is 79.2 Å².